The van der Waals surface area contributed by atoms with Gasteiger partial charge >= 0.3 is 0 Å². The zero-order valence-electron chi connectivity index (χ0n) is 74.0. The van der Waals surface area contributed by atoms with Crippen LogP contribution in [0.25, 0.3) is 167 Å². The standard InChI is InChI=1S/C45H29N5.C39H32N4.C39H32N2/c1-3-13-31(14-4-1)39-27-38-37-19-9-12-22-42(37)50(44(38)43(48-39)32-15-5-2-6-16-32)45-46-28-33(29-47-45)30-23-25-34(26-24-30)49-40-20-10-7-17-35(40)36-18-8-11-21-41(36)49;1-8-22-39(23-9-1,29-26-35(33-14-6-10-24-40-33)42-36(27-29)34-15-7-11-25-41-34)28-18-20-30(21-19-28)43-37-16-4-2-12-31(37)32-13-3-5-17-38(32)43;1-3-9-33-31(7-1)32-8-2-4-10-34(32)39(33)28-18-14-26(15-19-28)36-23-29-21-30(36)22-35(29)25-12-16-27(17-13-25)37-24-41-20-6-5-11-38(41)40-37/h1-29H;2-7,10-21,24-27H,1,8-9,22-23H2;1-20,24,29-30,35-36,39H,21-23H2. The lowest BCUT2D eigenvalue weighted by molar-refractivity contribution is 0.346. The Bertz CT molecular complexity index is 8060. The quantitative estimate of drug-likeness (QED) is 0.107. The zero-order chi connectivity index (χ0) is 88.6. The Balaban J connectivity index is 0.000000108. The summed E-state index contributed by atoms with van der Waals surface area (Å²) in [6.07, 6.45) is 21.6. The molecule has 0 amide bonds. The van der Waals surface area contributed by atoms with Crippen molar-refractivity contribution in [2.45, 2.75) is 74.5 Å². The molecule has 4 unspecified atom stereocenters. The number of rotatable bonds is 14. The van der Waals surface area contributed by atoms with Gasteiger partial charge < -0.3 is 13.5 Å². The third-order valence-corrected chi connectivity index (χ3v) is 29.2. The maximum atomic E-state index is 5.28. The zero-order valence-corrected chi connectivity index (χ0v) is 74.0. The summed E-state index contributed by atoms with van der Waals surface area (Å²) in [7, 11) is 0. The van der Waals surface area contributed by atoms with Crippen LogP contribution in [-0.2, 0) is 5.41 Å². The number of hydrogen-bond donors (Lipinski definition) is 0. The number of nitrogens with zero attached hydrogens (tertiary/aromatic N) is 11. The lowest BCUT2D eigenvalue weighted by atomic mass is 9.65. The second-order valence-corrected chi connectivity index (χ2v) is 36.6. The minimum absolute atomic E-state index is 0.104. The molecule has 0 aliphatic heterocycles. The highest BCUT2D eigenvalue weighted by molar-refractivity contribution is 6.14. The van der Waals surface area contributed by atoms with E-state index in [0.29, 0.717) is 23.7 Å². The van der Waals surface area contributed by atoms with Crippen LogP contribution in [0.4, 0.5) is 0 Å². The third kappa shape index (κ3) is 14.2. The Morgan fingerprint density at radius 1 is 0.284 bits per heavy atom. The molecule has 11 nitrogen and oxygen atoms in total. The van der Waals surface area contributed by atoms with Crippen LogP contribution in [0.1, 0.15) is 108 Å². The smallest absolute Gasteiger partial charge is 0.234 e. The van der Waals surface area contributed by atoms with Crippen LogP contribution in [0, 0.1) is 11.8 Å². The fourth-order valence-corrected chi connectivity index (χ4v) is 23.0. The second kappa shape index (κ2) is 33.9. The van der Waals surface area contributed by atoms with Crippen LogP contribution in [0.15, 0.2) is 438 Å². The molecule has 0 radical (unpaired) electrons. The van der Waals surface area contributed by atoms with E-state index >= 15 is 0 Å². The van der Waals surface area contributed by atoms with Crippen molar-refractivity contribution in [3.8, 4) is 96.1 Å². The molecule has 13 aromatic carbocycles. The second-order valence-electron chi connectivity index (χ2n) is 36.6. The normalized spacial score (nSPS) is 16.0. The molecule has 3 fully saturated rings. The van der Waals surface area contributed by atoms with Gasteiger partial charge in [-0.15, -0.1) is 0 Å². The first-order valence-electron chi connectivity index (χ1n) is 47.2. The number of benzene rings is 13. The molecule has 0 N–H and O–H groups in total. The number of imidazole rings is 1. The highest BCUT2D eigenvalue weighted by Crippen LogP contribution is 2.60. The molecular weight excluding hydrogens is 1630 g/mol. The monoisotopic (exact) mass is 1720 g/mol. The number of para-hydroxylation sites is 5. The highest BCUT2D eigenvalue weighted by Gasteiger charge is 2.47. The molecule has 11 heteroatoms. The molecule has 10 aromatic heterocycles. The number of pyridine rings is 5. The predicted molar refractivity (Wildman–Crippen MR) is 546 cm³/mol. The van der Waals surface area contributed by atoms with Crippen molar-refractivity contribution in [2.75, 3.05) is 0 Å². The lowest BCUT2D eigenvalue weighted by Crippen LogP contribution is -2.30. The summed E-state index contributed by atoms with van der Waals surface area (Å²) in [5.41, 5.74) is 34.6. The van der Waals surface area contributed by atoms with Gasteiger partial charge in [-0.05, 0) is 221 Å². The fourth-order valence-electron chi connectivity index (χ4n) is 23.0. The average Bonchev–Trinajstić information content (AvgIpc) is 1.52. The van der Waals surface area contributed by atoms with Crippen LogP contribution in [-0.4, -0.2) is 53.0 Å². The van der Waals surface area contributed by atoms with Gasteiger partial charge in [0.2, 0.25) is 5.95 Å². The maximum Gasteiger partial charge on any atom is 0.234 e. The first kappa shape index (κ1) is 79.8. The van der Waals surface area contributed by atoms with E-state index < -0.39 is 0 Å². The van der Waals surface area contributed by atoms with Crippen molar-refractivity contribution < 1.29 is 0 Å². The minimum atomic E-state index is -0.104. The van der Waals surface area contributed by atoms with Gasteiger partial charge in [0.05, 0.1) is 73.0 Å². The van der Waals surface area contributed by atoms with E-state index in [1.165, 1.54) is 138 Å². The molecule has 23 aromatic rings. The van der Waals surface area contributed by atoms with Crippen LogP contribution in [0.3, 0.4) is 0 Å². The highest BCUT2D eigenvalue weighted by atomic mass is 15.2. The van der Waals surface area contributed by atoms with E-state index in [1.807, 2.05) is 85.5 Å². The molecule has 4 aliphatic rings. The first-order chi connectivity index (χ1) is 66.4. The van der Waals surface area contributed by atoms with E-state index in [-0.39, 0.29) is 5.41 Å². The van der Waals surface area contributed by atoms with Gasteiger partial charge in [-0.1, -0.05) is 310 Å². The molecule has 27 rings (SSSR count). The maximum absolute atomic E-state index is 5.28. The molecule has 4 aliphatic carbocycles. The molecular formula is C123H93N11. The van der Waals surface area contributed by atoms with E-state index in [9.17, 15) is 0 Å². The summed E-state index contributed by atoms with van der Waals surface area (Å²) < 4.78 is 8.98. The minimum Gasteiger partial charge on any atom is -0.309 e. The third-order valence-electron chi connectivity index (χ3n) is 29.2. The Morgan fingerprint density at radius 2 is 0.731 bits per heavy atom. The van der Waals surface area contributed by atoms with Gasteiger partial charge in [-0.3, -0.25) is 14.5 Å². The molecule has 2 bridgehead atoms. The van der Waals surface area contributed by atoms with Crippen molar-refractivity contribution >= 4 is 71.1 Å². The van der Waals surface area contributed by atoms with Crippen LogP contribution >= 0.6 is 0 Å². The largest absolute Gasteiger partial charge is 0.309 e. The Kier molecular flexibility index (Phi) is 20.2. The van der Waals surface area contributed by atoms with E-state index in [4.69, 9.17) is 24.9 Å². The SMILES string of the molecule is c1ccc(-c2cc(C3(c4ccc(-n5c6ccccc6c6ccccc65)cc4)CCCCC3)cc(-c3ccccn3)n2)nc1.c1ccc(-c2cc3c4ccccc4n(-c4ncc(-c5ccc(-n6c7ccccc7c7ccccc76)cc5)cn4)c3c(-c3ccccc3)n2)cc1.c1ccc2c(c1)-c1ccccc1C2c1ccc(C2CC3CC2CC3c2ccc(-c3cn4ccccc4n3)cc2)cc1. The van der Waals surface area contributed by atoms with Crippen molar-refractivity contribution in [1.29, 1.82) is 0 Å². The molecule has 134 heavy (non-hydrogen) atoms. The van der Waals surface area contributed by atoms with Gasteiger partial charge in [-0.2, -0.15) is 0 Å². The summed E-state index contributed by atoms with van der Waals surface area (Å²) in [6.45, 7) is 0. The fraction of sp³-hybridized carbons (Fsp3) is 0.114. The number of aromatic nitrogens is 11. The summed E-state index contributed by atoms with van der Waals surface area (Å²) in [6, 6.07) is 144. The Morgan fingerprint density at radius 3 is 1.25 bits per heavy atom. The predicted octanol–water partition coefficient (Wildman–Crippen LogP) is 30.1. The number of fused-ring (bicyclic) bond motifs is 15. The van der Waals surface area contributed by atoms with E-state index in [0.717, 1.165) is 120 Å². The lowest BCUT2D eigenvalue weighted by Gasteiger charge is -2.39. The number of hydrogen-bond acceptors (Lipinski definition) is 7. The van der Waals surface area contributed by atoms with Gasteiger partial charge in [0.25, 0.3) is 0 Å². The Labute approximate surface area is 777 Å². The van der Waals surface area contributed by atoms with Gasteiger partial charge in [0, 0.05) is 114 Å². The molecule has 3 saturated carbocycles. The van der Waals surface area contributed by atoms with Gasteiger partial charge in [0.15, 0.2) is 0 Å². The summed E-state index contributed by atoms with van der Waals surface area (Å²) in [5.74, 6) is 3.92. The summed E-state index contributed by atoms with van der Waals surface area (Å²) in [5, 5.41) is 7.32. The van der Waals surface area contributed by atoms with Crippen molar-refractivity contribution in [3.05, 3.63) is 477 Å². The molecule has 4 atom stereocenters. The van der Waals surface area contributed by atoms with E-state index in [1.54, 1.807) is 5.56 Å². The van der Waals surface area contributed by atoms with Crippen LogP contribution in [0.2, 0.25) is 0 Å². The summed E-state index contributed by atoms with van der Waals surface area (Å²) in [4.78, 5) is 34.5. The van der Waals surface area contributed by atoms with Crippen molar-refractivity contribution in [2.24, 2.45) is 11.8 Å². The first-order valence-corrected chi connectivity index (χ1v) is 47.2. The Hall–Kier alpha value is -16.4. The molecule has 0 spiro atoms. The van der Waals surface area contributed by atoms with Crippen molar-refractivity contribution in [3.63, 3.8) is 0 Å². The van der Waals surface area contributed by atoms with E-state index in [2.05, 4.69) is 380 Å². The summed E-state index contributed by atoms with van der Waals surface area (Å²) >= 11 is 0. The molecule has 10 heterocycles. The average molecular weight is 1730 g/mol. The van der Waals surface area contributed by atoms with Gasteiger partial charge in [-0.25, -0.2) is 24.9 Å². The van der Waals surface area contributed by atoms with Crippen LogP contribution in [0.5, 0.6) is 0 Å². The van der Waals surface area contributed by atoms with Crippen molar-refractivity contribution in [1.82, 2.24) is 53.0 Å². The molecule has 640 valence electrons. The molecule has 0 saturated heterocycles. The topological polar surface area (TPSA) is 109 Å². The van der Waals surface area contributed by atoms with Crippen LogP contribution < -0.4 is 0 Å². The van der Waals surface area contributed by atoms with Gasteiger partial charge in [0.1, 0.15) is 5.65 Å².